The lowest BCUT2D eigenvalue weighted by Gasteiger charge is -2.10. The van der Waals surface area contributed by atoms with Gasteiger partial charge in [0.15, 0.2) is 0 Å². The quantitative estimate of drug-likeness (QED) is 0.455. The lowest BCUT2D eigenvalue weighted by molar-refractivity contribution is -0.140. The zero-order chi connectivity index (χ0) is 21.5. The third-order valence-corrected chi connectivity index (χ3v) is 5.19. The van der Waals surface area contributed by atoms with Crippen LogP contribution in [0.3, 0.4) is 0 Å². The van der Waals surface area contributed by atoms with Crippen LogP contribution in [0.5, 0.6) is 0 Å². The smallest absolute Gasteiger partial charge is 0.314 e. The fraction of sp³-hybridized carbons (Fsp3) is 0.364. The number of carbonyl (C=O) groups excluding carboxylic acids is 1. The zero-order valence-electron chi connectivity index (χ0n) is 16.1. The third kappa shape index (κ3) is 4.76. The molecule has 1 aromatic carbocycles. The van der Waals surface area contributed by atoms with Crippen LogP contribution in [0.2, 0.25) is 0 Å². The van der Waals surface area contributed by atoms with E-state index in [9.17, 15) is 18.4 Å². The summed E-state index contributed by atoms with van der Waals surface area (Å²) in [5.41, 5.74) is -1.16. The fourth-order valence-corrected chi connectivity index (χ4v) is 3.19. The first kappa shape index (κ1) is 23.8. The molecule has 2 fully saturated rings. The van der Waals surface area contributed by atoms with Crippen molar-refractivity contribution in [2.45, 2.75) is 44.9 Å². The van der Waals surface area contributed by atoms with Crippen molar-refractivity contribution in [3.05, 3.63) is 72.4 Å². The van der Waals surface area contributed by atoms with Crippen LogP contribution in [-0.2, 0) is 15.0 Å². The molecule has 152 valence electrons. The van der Waals surface area contributed by atoms with E-state index in [-0.39, 0.29) is 5.57 Å². The van der Waals surface area contributed by atoms with Crippen LogP contribution < -0.4 is 0 Å². The van der Waals surface area contributed by atoms with Crippen molar-refractivity contribution >= 4 is 22.8 Å². The summed E-state index contributed by atoms with van der Waals surface area (Å²) in [6.07, 6.45) is 4.68. The molecule has 0 heterocycles. The topological polar surface area (TPSA) is 54.4 Å². The number of allylic oxidation sites excluding steroid dienone is 4. The normalized spacial score (nSPS) is 18.0. The summed E-state index contributed by atoms with van der Waals surface area (Å²) >= 11 is 5.38. The van der Waals surface area contributed by atoms with E-state index in [1.165, 1.54) is 12.1 Å². The highest BCUT2D eigenvalue weighted by Crippen LogP contribution is 2.55. The van der Waals surface area contributed by atoms with Crippen LogP contribution in [0.15, 0.2) is 61.0 Å². The number of halogens is 3. The second-order valence-corrected chi connectivity index (χ2v) is 6.74. The molecule has 2 aliphatic rings. The second-order valence-electron chi connectivity index (χ2n) is 6.39. The molecule has 28 heavy (non-hydrogen) atoms. The Bertz CT molecular complexity index is 791. The predicted octanol–water partition coefficient (Wildman–Crippen LogP) is 6.10. The Morgan fingerprint density at radius 1 is 1.11 bits per heavy atom. The molecule has 0 amide bonds. The molecule has 0 bridgehead atoms. The highest BCUT2D eigenvalue weighted by Gasteiger charge is 2.53. The van der Waals surface area contributed by atoms with Crippen LogP contribution in [-0.4, -0.2) is 16.3 Å². The van der Waals surface area contributed by atoms with Crippen molar-refractivity contribution in [1.29, 1.82) is 0 Å². The largest absolute Gasteiger partial charge is 0.481 e. The maximum Gasteiger partial charge on any atom is 0.314 e. The van der Waals surface area contributed by atoms with E-state index >= 15 is 0 Å². The van der Waals surface area contributed by atoms with Gasteiger partial charge in [0.1, 0.15) is 11.6 Å². The second kappa shape index (κ2) is 9.78. The molecule has 3 rings (SSSR count). The zero-order valence-corrected chi connectivity index (χ0v) is 16.9. The first-order valence-electron chi connectivity index (χ1n) is 9.08. The lowest BCUT2D eigenvalue weighted by Crippen LogP contribution is -2.20. The van der Waals surface area contributed by atoms with E-state index in [0.29, 0.717) is 31.2 Å². The molecular formula is C22H25ClF2O3. The summed E-state index contributed by atoms with van der Waals surface area (Å²) in [6.45, 7) is 10.8. The summed E-state index contributed by atoms with van der Waals surface area (Å²) < 4.78 is 26.4. The van der Waals surface area contributed by atoms with Gasteiger partial charge in [-0.15, -0.1) is 0 Å². The Morgan fingerprint density at radius 2 is 1.64 bits per heavy atom. The molecule has 0 atom stereocenters. The number of carboxylic acid groups (broad SMARTS) is 1. The molecule has 0 aromatic heterocycles. The Morgan fingerprint density at radius 3 is 1.96 bits per heavy atom. The number of benzene rings is 1. The van der Waals surface area contributed by atoms with E-state index in [2.05, 4.69) is 13.2 Å². The van der Waals surface area contributed by atoms with Crippen LogP contribution in [0.4, 0.5) is 8.78 Å². The predicted molar refractivity (Wildman–Crippen MR) is 107 cm³/mol. The minimum absolute atomic E-state index is 0.266. The van der Waals surface area contributed by atoms with E-state index in [4.69, 9.17) is 16.7 Å². The standard InChI is InChI=1S/C10H10ClFO.C10H9FO2.C2H6/c1-3-7(8(12)4-2)10(5-6-10)9(11)13;11-8-4-2-1-3-7(8)10(5-6-10)9(12)13;1-2/h3-4H,1-2,5-6H2;1-4H,5-6H2,(H,12,13);1-2H3/b8-7-;;. The average Bonchev–Trinajstić information content (AvgIpc) is 3.59. The van der Waals surface area contributed by atoms with Gasteiger partial charge in [0.05, 0.1) is 10.8 Å². The maximum absolute atomic E-state index is 13.2. The van der Waals surface area contributed by atoms with Gasteiger partial charge < -0.3 is 5.11 Å². The van der Waals surface area contributed by atoms with Crippen LogP contribution in [0.1, 0.15) is 45.1 Å². The fourth-order valence-electron chi connectivity index (χ4n) is 2.90. The number of carbonyl (C=O) groups is 2. The minimum atomic E-state index is -0.925. The van der Waals surface area contributed by atoms with Crippen molar-refractivity contribution in [3.8, 4) is 0 Å². The maximum atomic E-state index is 13.2. The van der Waals surface area contributed by atoms with E-state index in [1.54, 1.807) is 18.2 Å². The van der Waals surface area contributed by atoms with Crippen molar-refractivity contribution in [2.24, 2.45) is 5.41 Å². The van der Waals surface area contributed by atoms with Gasteiger partial charge in [-0.1, -0.05) is 51.3 Å². The monoisotopic (exact) mass is 410 g/mol. The SMILES string of the molecule is C=C/C(F)=C(\C=C)C1(C(=O)Cl)CC1.CC.O=C(O)C1(c2ccccc2F)CC1. The van der Waals surface area contributed by atoms with Crippen LogP contribution >= 0.6 is 11.6 Å². The minimum Gasteiger partial charge on any atom is -0.481 e. The van der Waals surface area contributed by atoms with E-state index in [1.807, 2.05) is 13.8 Å². The number of aliphatic carboxylic acids is 1. The van der Waals surface area contributed by atoms with Crippen molar-refractivity contribution in [1.82, 2.24) is 0 Å². The molecule has 2 saturated carbocycles. The first-order valence-corrected chi connectivity index (χ1v) is 9.46. The summed E-state index contributed by atoms with van der Waals surface area (Å²) in [4.78, 5) is 21.9. The van der Waals surface area contributed by atoms with Gasteiger partial charge in [-0.25, -0.2) is 8.78 Å². The van der Waals surface area contributed by atoms with Crippen LogP contribution in [0, 0.1) is 11.2 Å². The summed E-state index contributed by atoms with van der Waals surface area (Å²) in [5.74, 6) is -1.85. The van der Waals surface area contributed by atoms with Gasteiger partial charge >= 0.3 is 5.97 Å². The Labute approximate surface area is 169 Å². The molecule has 0 saturated heterocycles. The summed E-state index contributed by atoms with van der Waals surface area (Å²) in [7, 11) is 0. The Hall–Kier alpha value is -2.27. The number of carboxylic acids is 1. The molecule has 1 aromatic rings. The number of rotatable bonds is 6. The molecule has 3 nitrogen and oxygen atoms in total. The highest BCUT2D eigenvalue weighted by atomic mass is 35.5. The van der Waals surface area contributed by atoms with Crippen molar-refractivity contribution < 1.29 is 23.5 Å². The number of hydrogen-bond donors (Lipinski definition) is 1. The molecule has 0 spiro atoms. The van der Waals surface area contributed by atoms with Gasteiger partial charge in [0.25, 0.3) is 0 Å². The third-order valence-electron chi connectivity index (χ3n) is 4.83. The van der Waals surface area contributed by atoms with Gasteiger partial charge in [-0.3, -0.25) is 9.59 Å². The molecule has 1 N–H and O–H groups in total. The Kier molecular flexibility index (Phi) is 8.30. The lowest BCUT2D eigenvalue weighted by atomic mass is 9.96. The van der Waals surface area contributed by atoms with E-state index in [0.717, 1.165) is 6.08 Å². The first-order chi connectivity index (χ1) is 13.2. The summed E-state index contributed by atoms with van der Waals surface area (Å²) in [6, 6.07) is 6.09. The molecule has 0 aliphatic heterocycles. The molecule has 6 heteroatoms. The highest BCUT2D eigenvalue weighted by molar-refractivity contribution is 6.65. The van der Waals surface area contributed by atoms with Gasteiger partial charge in [-0.05, 0) is 49.4 Å². The van der Waals surface area contributed by atoms with E-state index < -0.39 is 33.7 Å². The van der Waals surface area contributed by atoms with Gasteiger partial charge in [-0.2, -0.15) is 0 Å². The molecular weight excluding hydrogens is 386 g/mol. The molecule has 0 radical (unpaired) electrons. The molecule has 2 aliphatic carbocycles. The Balaban J connectivity index is 0.000000257. The van der Waals surface area contributed by atoms with Crippen molar-refractivity contribution in [3.63, 3.8) is 0 Å². The molecule has 0 unspecified atom stereocenters. The van der Waals surface area contributed by atoms with Crippen LogP contribution in [0.25, 0.3) is 0 Å². The number of hydrogen-bond acceptors (Lipinski definition) is 2. The average molecular weight is 411 g/mol. The summed E-state index contributed by atoms with van der Waals surface area (Å²) in [5, 5.41) is 8.40. The van der Waals surface area contributed by atoms with Gasteiger partial charge in [0, 0.05) is 11.1 Å². The van der Waals surface area contributed by atoms with Gasteiger partial charge in [0.2, 0.25) is 5.24 Å². The van der Waals surface area contributed by atoms with Crippen molar-refractivity contribution in [2.75, 3.05) is 0 Å².